The van der Waals surface area contributed by atoms with Crippen molar-refractivity contribution in [1.29, 1.82) is 0 Å². The van der Waals surface area contributed by atoms with Crippen molar-refractivity contribution < 1.29 is 0 Å². The standard InChI is InChI=1S/C8H17N5/c1-4-5-9-7(2)6-8-10-11-12-13(8)3/h7,9H,4-6H2,1-3H3. The van der Waals surface area contributed by atoms with E-state index in [1.807, 2.05) is 7.05 Å². The van der Waals surface area contributed by atoms with Crippen molar-refractivity contribution in [2.75, 3.05) is 6.54 Å². The van der Waals surface area contributed by atoms with E-state index < -0.39 is 0 Å². The Morgan fingerprint density at radius 1 is 1.54 bits per heavy atom. The van der Waals surface area contributed by atoms with Crippen LogP contribution in [0.4, 0.5) is 0 Å². The van der Waals surface area contributed by atoms with Crippen LogP contribution in [0, 0.1) is 0 Å². The number of hydrogen-bond donors (Lipinski definition) is 1. The van der Waals surface area contributed by atoms with E-state index in [9.17, 15) is 0 Å². The fourth-order valence-corrected chi connectivity index (χ4v) is 1.16. The monoisotopic (exact) mass is 183 g/mol. The summed E-state index contributed by atoms with van der Waals surface area (Å²) in [6.45, 7) is 5.35. The zero-order valence-electron chi connectivity index (χ0n) is 8.49. The Morgan fingerprint density at radius 3 is 2.85 bits per heavy atom. The lowest BCUT2D eigenvalue weighted by Gasteiger charge is -2.11. The predicted octanol–water partition coefficient (Wildman–Crippen LogP) is 0.141. The van der Waals surface area contributed by atoms with Gasteiger partial charge in [-0.05, 0) is 30.3 Å². The number of aryl methyl sites for hydroxylation is 1. The van der Waals surface area contributed by atoms with Crippen molar-refractivity contribution in [3.63, 3.8) is 0 Å². The zero-order chi connectivity index (χ0) is 9.68. The minimum absolute atomic E-state index is 0.435. The molecule has 1 rings (SSSR count). The molecular formula is C8H17N5. The molecule has 1 aromatic rings. The van der Waals surface area contributed by atoms with Crippen LogP contribution in [0.1, 0.15) is 26.1 Å². The molecule has 1 N–H and O–H groups in total. The van der Waals surface area contributed by atoms with E-state index in [2.05, 4.69) is 34.7 Å². The molecular weight excluding hydrogens is 166 g/mol. The van der Waals surface area contributed by atoms with Crippen LogP contribution in [0.2, 0.25) is 0 Å². The zero-order valence-corrected chi connectivity index (χ0v) is 8.49. The summed E-state index contributed by atoms with van der Waals surface area (Å²) >= 11 is 0. The molecule has 1 heterocycles. The third-order valence-corrected chi connectivity index (χ3v) is 1.94. The van der Waals surface area contributed by atoms with Crippen LogP contribution in [-0.4, -0.2) is 32.8 Å². The lowest BCUT2D eigenvalue weighted by atomic mass is 10.2. The van der Waals surface area contributed by atoms with Gasteiger partial charge in [0.25, 0.3) is 0 Å². The van der Waals surface area contributed by atoms with Gasteiger partial charge in [-0.3, -0.25) is 0 Å². The Kier molecular flexibility index (Phi) is 3.82. The van der Waals surface area contributed by atoms with Crippen LogP contribution < -0.4 is 5.32 Å². The number of aromatic nitrogens is 4. The van der Waals surface area contributed by atoms with Gasteiger partial charge in [0.1, 0.15) is 0 Å². The summed E-state index contributed by atoms with van der Waals surface area (Å²) < 4.78 is 1.71. The van der Waals surface area contributed by atoms with Gasteiger partial charge in [0.05, 0.1) is 0 Å². The third kappa shape index (κ3) is 3.10. The first-order chi connectivity index (χ1) is 6.24. The molecule has 0 radical (unpaired) electrons. The Morgan fingerprint density at radius 2 is 2.31 bits per heavy atom. The summed E-state index contributed by atoms with van der Waals surface area (Å²) in [7, 11) is 1.86. The molecule has 0 aromatic carbocycles. The van der Waals surface area contributed by atoms with Crippen molar-refractivity contribution in [2.45, 2.75) is 32.7 Å². The lowest BCUT2D eigenvalue weighted by Crippen LogP contribution is -2.29. The molecule has 1 atom stereocenters. The second-order valence-electron chi connectivity index (χ2n) is 3.28. The second kappa shape index (κ2) is 4.91. The van der Waals surface area contributed by atoms with Gasteiger partial charge in [-0.1, -0.05) is 6.92 Å². The lowest BCUT2D eigenvalue weighted by molar-refractivity contribution is 0.520. The topological polar surface area (TPSA) is 55.6 Å². The predicted molar refractivity (Wildman–Crippen MR) is 50.3 cm³/mol. The summed E-state index contributed by atoms with van der Waals surface area (Å²) in [6, 6.07) is 0.435. The maximum atomic E-state index is 3.93. The van der Waals surface area contributed by atoms with Crippen LogP contribution >= 0.6 is 0 Å². The molecule has 74 valence electrons. The first-order valence-electron chi connectivity index (χ1n) is 4.68. The van der Waals surface area contributed by atoms with Crippen molar-refractivity contribution in [1.82, 2.24) is 25.5 Å². The number of hydrogen-bond acceptors (Lipinski definition) is 4. The van der Waals surface area contributed by atoms with Gasteiger partial charge in [-0.2, -0.15) is 0 Å². The Labute approximate surface area is 78.5 Å². The molecule has 5 nitrogen and oxygen atoms in total. The molecule has 0 saturated heterocycles. The van der Waals surface area contributed by atoms with Crippen molar-refractivity contribution in [2.24, 2.45) is 7.05 Å². The van der Waals surface area contributed by atoms with Crippen LogP contribution in [0.25, 0.3) is 0 Å². The first kappa shape index (κ1) is 10.1. The number of rotatable bonds is 5. The van der Waals surface area contributed by atoms with Gasteiger partial charge in [0.2, 0.25) is 0 Å². The minimum Gasteiger partial charge on any atom is -0.314 e. The van der Waals surface area contributed by atoms with Gasteiger partial charge in [0, 0.05) is 19.5 Å². The van der Waals surface area contributed by atoms with Gasteiger partial charge in [-0.25, -0.2) is 4.68 Å². The highest BCUT2D eigenvalue weighted by atomic mass is 15.5. The highest BCUT2D eigenvalue weighted by Crippen LogP contribution is 1.95. The van der Waals surface area contributed by atoms with Crippen LogP contribution in [-0.2, 0) is 13.5 Å². The van der Waals surface area contributed by atoms with Gasteiger partial charge >= 0.3 is 0 Å². The summed E-state index contributed by atoms with van der Waals surface area (Å²) in [5, 5.41) is 14.7. The van der Waals surface area contributed by atoms with Crippen LogP contribution in [0.3, 0.4) is 0 Å². The molecule has 0 bridgehead atoms. The van der Waals surface area contributed by atoms with Gasteiger partial charge in [0.15, 0.2) is 5.82 Å². The minimum atomic E-state index is 0.435. The van der Waals surface area contributed by atoms with E-state index >= 15 is 0 Å². The number of tetrazole rings is 1. The molecule has 0 spiro atoms. The SMILES string of the molecule is CCCNC(C)Cc1nnnn1C. The molecule has 0 amide bonds. The van der Waals surface area contributed by atoms with E-state index in [0.29, 0.717) is 6.04 Å². The molecule has 0 aliphatic heterocycles. The van der Waals surface area contributed by atoms with E-state index in [0.717, 1.165) is 25.2 Å². The van der Waals surface area contributed by atoms with Crippen molar-refractivity contribution in [3.8, 4) is 0 Å². The maximum Gasteiger partial charge on any atom is 0.152 e. The molecule has 1 unspecified atom stereocenters. The smallest absolute Gasteiger partial charge is 0.152 e. The summed E-state index contributed by atoms with van der Waals surface area (Å²) in [6.07, 6.45) is 2.03. The fourth-order valence-electron chi connectivity index (χ4n) is 1.16. The molecule has 0 fully saturated rings. The highest BCUT2D eigenvalue weighted by Gasteiger charge is 2.07. The summed E-state index contributed by atoms with van der Waals surface area (Å²) in [5.74, 6) is 0.927. The Balaban J connectivity index is 2.36. The van der Waals surface area contributed by atoms with E-state index in [-0.39, 0.29) is 0 Å². The second-order valence-corrected chi connectivity index (χ2v) is 3.28. The largest absolute Gasteiger partial charge is 0.314 e. The van der Waals surface area contributed by atoms with E-state index in [1.54, 1.807) is 4.68 Å². The van der Waals surface area contributed by atoms with Gasteiger partial charge in [-0.15, -0.1) is 5.10 Å². The molecule has 13 heavy (non-hydrogen) atoms. The Hall–Kier alpha value is -0.970. The molecule has 1 aromatic heterocycles. The normalized spacial score (nSPS) is 13.2. The number of nitrogens with zero attached hydrogens (tertiary/aromatic N) is 4. The molecule has 0 saturated carbocycles. The molecule has 0 aliphatic carbocycles. The average Bonchev–Trinajstić information content (AvgIpc) is 2.48. The van der Waals surface area contributed by atoms with Crippen molar-refractivity contribution in [3.05, 3.63) is 5.82 Å². The molecule has 0 aliphatic rings. The number of nitrogens with one attached hydrogen (secondary N) is 1. The summed E-state index contributed by atoms with van der Waals surface area (Å²) in [5.41, 5.74) is 0. The van der Waals surface area contributed by atoms with E-state index in [1.165, 1.54) is 0 Å². The third-order valence-electron chi connectivity index (χ3n) is 1.94. The van der Waals surface area contributed by atoms with Crippen molar-refractivity contribution >= 4 is 0 Å². The first-order valence-corrected chi connectivity index (χ1v) is 4.68. The quantitative estimate of drug-likeness (QED) is 0.705. The van der Waals surface area contributed by atoms with Crippen LogP contribution in [0.5, 0.6) is 0 Å². The molecule has 5 heteroatoms. The summed E-state index contributed by atoms with van der Waals surface area (Å²) in [4.78, 5) is 0. The Bertz CT molecular complexity index is 244. The highest BCUT2D eigenvalue weighted by molar-refractivity contribution is 4.84. The maximum absolute atomic E-state index is 3.93. The van der Waals surface area contributed by atoms with Crippen LogP contribution in [0.15, 0.2) is 0 Å². The van der Waals surface area contributed by atoms with E-state index in [4.69, 9.17) is 0 Å². The average molecular weight is 183 g/mol. The fraction of sp³-hybridized carbons (Fsp3) is 0.875. The van der Waals surface area contributed by atoms with Gasteiger partial charge < -0.3 is 5.32 Å².